The summed E-state index contributed by atoms with van der Waals surface area (Å²) in [5.74, 6) is 1.91. The number of nitrogens with one attached hydrogen (secondary N) is 1. The number of hydrogen-bond donors (Lipinski definition) is 1. The Morgan fingerprint density at radius 1 is 1.11 bits per heavy atom. The van der Waals surface area contributed by atoms with Crippen LogP contribution in [0.4, 0.5) is 5.82 Å². The molecule has 1 amide bonds. The monoisotopic (exact) mass is 359 g/mol. The molecule has 1 aliphatic carbocycles. The molecule has 3 aromatic rings. The molecule has 1 aromatic carbocycles. The Labute approximate surface area is 157 Å². The number of aromatic nitrogens is 3. The van der Waals surface area contributed by atoms with Gasteiger partial charge in [-0.1, -0.05) is 18.2 Å². The number of rotatable bonds is 3. The van der Waals surface area contributed by atoms with Crippen LogP contribution in [-0.2, 0) is 0 Å². The molecule has 1 N–H and O–H groups in total. The van der Waals surface area contributed by atoms with Crippen LogP contribution in [0.3, 0.4) is 0 Å². The molecule has 0 unspecified atom stereocenters. The van der Waals surface area contributed by atoms with Crippen LogP contribution in [0.25, 0.3) is 10.9 Å². The van der Waals surface area contributed by atoms with Gasteiger partial charge in [0.1, 0.15) is 5.82 Å². The summed E-state index contributed by atoms with van der Waals surface area (Å²) in [7, 11) is 0. The molecule has 1 saturated heterocycles. The van der Waals surface area contributed by atoms with Crippen LogP contribution in [0, 0.1) is 11.8 Å². The fourth-order valence-corrected chi connectivity index (χ4v) is 4.55. The molecule has 2 aliphatic rings. The Morgan fingerprint density at radius 2 is 2.04 bits per heavy atom. The Hall–Kier alpha value is -3.02. The lowest BCUT2D eigenvalue weighted by atomic mass is 9.98. The zero-order chi connectivity index (χ0) is 18.2. The van der Waals surface area contributed by atoms with Gasteiger partial charge in [0.2, 0.25) is 0 Å². The largest absolute Gasteiger partial charge is 0.365 e. The highest BCUT2D eigenvalue weighted by molar-refractivity contribution is 5.97. The molecule has 0 spiro atoms. The van der Waals surface area contributed by atoms with Gasteiger partial charge in [-0.15, -0.1) is 5.10 Å². The second-order valence-corrected chi connectivity index (χ2v) is 7.49. The van der Waals surface area contributed by atoms with Crippen LogP contribution < -0.4 is 5.32 Å². The summed E-state index contributed by atoms with van der Waals surface area (Å²) >= 11 is 0. The molecule has 5 rings (SSSR count). The predicted octanol–water partition coefficient (Wildman–Crippen LogP) is 2.99. The van der Waals surface area contributed by atoms with Gasteiger partial charge in [0.05, 0.1) is 11.1 Å². The molecule has 3 heterocycles. The third-order valence-electron chi connectivity index (χ3n) is 5.89. The maximum Gasteiger partial charge on any atom is 0.255 e. The summed E-state index contributed by atoms with van der Waals surface area (Å²) in [6.45, 7) is 1.61. The Kier molecular flexibility index (Phi) is 3.96. The molecule has 0 radical (unpaired) electrons. The summed E-state index contributed by atoms with van der Waals surface area (Å²) in [4.78, 5) is 19.5. The number of likely N-dealkylation sites (tertiary alicyclic amines) is 1. The quantitative estimate of drug-likeness (QED) is 0.778. The van der Waals surface area contributed by atoms with Crippen molar-refractivity contribution in [2.24, 2.45) is 11.8 Å². The van der Waals surface area contributed by atoms with Crippen LogP contribution in [-0.4, -0.2) is 45.1 Å². The van der Waals surface area contributed by atoms with Gasteiger partial charge in [-0.3, -0.25) is 9.78 Å². The molecule has 27 heavy (non-hydrogen) atoms. The highest BCUT2D eigenvalue weighted by atomic mass is 16.2. The number of fused-ring (bicyclic) bond motifs is 2. The maximum atomic E-state index is 13.0. The van der Waals surface area contributed by atoms with E-state index in [1.807, 2.05) is 47.4 Å². The lowest BCUT2D eigenvalue weighted by molar-refractivity contribution is 0.0780. The van der Waals surface area contributed by atoms with Gasteiger partial charge in [0.25, 0.3) is 5.91 Å². The second kappa shape index (κ2) is 6.61. The fraction of sp³-hybridized carbons (Fsp3) is 0.333. The average Bonchev–Trinajstić information content (AvgIpc) is 3.30. The standard InChI is InChI=1S/C21H21N5O/c27-21(16-10-14-4-1-2-5-18(14)22-11-16)26-12-15-7-8-19(17(15)13-26)24-20-6-3-9-23-25-20/h1-6,9-11,15,17,19H,7-8,12-13H2,(H,24,25)/t15-,17+,19-/m1/s1. The zero-order valence-electron chi connectivity index (χ0n) is 15.0. The SMILES string of the molecule is O=C(c1cnc2ccccc2c1)N1C[C@H]2CC[C@@H](Nc3cccnn3)[C@H]2C1. The number of hydrogen-bond acceptors (Lipinski definition) is 5. The Balaban J connectivity index is 1.31. The van der Waals surface area contributed by atoms with Crippen molar-refractivity contribution in [3.05, 3.63) is 60.4 Å². The zero-order valence-corrected chi connectivity index (χ0v) is 15.0. The van der Waals surface area contributed by atoms with E-state index in [2.05, 4.69) is 20.5 Å². The van der Waals surface area contributed by atoms with Crippen LogP contribution in [0.5, 0.6) is 0 Å². The van der Waals surface area contributed by atoms with Crippen molar-refractivity contribution in [2.45, 2.75) is 18.9 Å². The minimum atomic E-state index is 0.0842. The average molecular weight is 359 g/mol. The van der Waals surface area contributed by atoms with E-state index in [1.54, 1.807) is 12.4 Å². The summed E-state index contributed by atoms with van der Waals surface area (Å²) in [6, 6.07) is 14.0. The van der Waals surface area contributed by atoms with Gasteiger partial charge in [0.15, 0.2) is 0 Å². The first-order valence-corrected chi connectivity index (χ1v) is 9.46. The van der Waals surface area contributed by atoms with Gasteiger partial charge in [-0.05, 0) is 43.0 Å². The van der Waals surface area contributed by atoms with Crippen molar-refractivity contribution in [3.63, 3.8) is 0 Å². The van der Waals surface area contributed by atoms with Crippen LogP contribution in [0.1, 0.15) is 23.2 Å². The lowest BCUT2D eigenvalue weighted by Crippen LogP contribution is -2.33. The predicted molar refractivity (Wildman–Crippen MR) is 103 cm³/mol. The van der Waals surface area contributed by atoms with Crippen molar-refractivity contribution < 1.29 is 4.79 Å². The van der Waals surface area contributed by atoms with Crippen molar-refractivity contribution in [2.75, 3.05) is 18.4 Å². The highest BCUT2D eigenvalue weighted by Gasteiger charge is 2.44. The first-order valence-electron chi connectivity index (χ1n) is 9.46. The highest BCUT2D eigenvalue weighted by Crippen LogP contribution is 2.39. The smallest absolute Gasteiger partial charge is 0.255 e. The summed E-state index contributed by atoms with van der Waals surface area (Å²) in [5, 5.41) is 12.6. The summed E-state index contributed by atoms with van der Waals surface area (Å²) in [5.41, 5.74) is 1.59. The normalized spacial score (nSPS) is 24.1. The third kappa shape index (κ3) is 3.01. The second-order valence-electron chi connectivity index (χ2n) is 7.49. The van der Waals surface area contributed by atoms with Crippen LogP contribution in [0.15, 0.2) is 54.9 Å². The van der Waals surface area contributed by atoms with Gasteiger partial charge < -0.3 is 10.2 Å². The number of amides is 1. The number of carbonyl (C=O) groups is 1. The van der Waals surface area contributed by atoms with E-state index >= 15 is 0 Å². The van der Waals surface area contributed by atoms with Crippen molar-refractivity contribution in [1.29, 1.82) is 0 Å². The number of anilines is 1. The lowest BCUT2D eigenvalue weighted by Gasteiger charge is -2.22. The van der Waals surface area contributed by atoms with Crippen LogP contribution in [0.2, 0.25) is 0 Å². The number of benzene rings is 1. The first-order chi connectivity index (χ1) is 13.3. The molecular weight excluding hydrogens is 338 g/mol. The minimum Gasteiger partial charge on any atom is -0.365 e. The fourth-order valence-electron chi connectivity index (χ4n) is 4.55. The van der Waals surface area contributed by atoms with E-state index in [1.165, 1.54) is 0 Å². The van der Waals surface area contributed by atoms with Crippen molar-refractivity contribution in [3.8, 4) is 0 Å². The third-order valence-corrected chi connectivity index (χ3v) is 5.89. The van der Waals surface area contributed by atoms with Crippen molar-refractivity contribution in [1.82, 2.24) is 20.1 Å². The molecule has 136 valence electrons. The Morgan fingerprint density at radius 3 is 2.93 bits per heavy atom. The molecule has 3 atom stereocenters. The molecule has 1 saturated carbocycles. The van der Waals surface area contributed by atoms with Gasteiger partial charge in [0, 0.05) is 42.8 Å². The van der Waals surface area contributed by atoms with Crippen LogP contribution >= 0.6 is 0 Å². The van der Waals surface area contributed by atoms with E-state index in [-0.39, 0.29) is 5.91 Å². The molecule has 0 bridgehead atoms. The van der Waals surface area contributed by atoms with Crippen molar-refractivity contribution >= 4 is 22.6 Å². The molecule has 6 nitrogen and oxygen atoms in total. The van der Waals surface area contributed by atoms with Gasteiger partial charge in [-0.25, -0.2) is 0 Å². The molecular formula is C21H21N5O. The van der Waals surface area contributed by atoms with E-state index in [4.69, 9.17) is 0 Å². The van der Waals surface area contributed by atoms with E-state index in [0.717, 1.165) is 42.7 Å². The molecule has 6 heteroatoms. The summed E-state index contributed by atoms with van der Waals surface area (Å²) in [6.07, 6.45) is 5.64. The topological polar surface area (TPSA) is 71.0 Å². The number of pyridine rings is 1. The number of para-hydroxylation sites is 1. The molecule has 1 aliphatic heterocycles. The van der Waals surface area contributed by atoms with Gasteiger partial charge >= 0.3 is 0 Å². The van der Waals surface area contributed by atoms with E-state index in [9.17, 15) is 4.79 Å². The summed E-state index contributed by atoms with van der Waals surface area (Å²) < 4.78 is 0. The number of carbonyl (C=O) groups excluding carboxylic acids is 1. The van der Waals surface area contributed by atoms with E-state index < -0.39 is 0 Å². The number of nitrogens with zero attached hydrogens (tertiary/aromatic N) is 4. The molecule has 2 fully saturated rings. The molecule has 2 aromatic heterocycles. The Bertz CT molecular complexity index is 976. The maximum absolute atomic E-state index is 13.0. The van der Waals surface area contributed by atoms with E-state index in [0.29, 0.717) is 23.4 Å². The first kappa shape index (κ1) is 16.2. The van der Waals surface area contributed by atoms with Gasteiger partial charge in [-0.2, -0.15) is 5.10 Å². The minimum absolute atomic E-state index is 0.0842.